The highest BCUT2D eigenvalue weighted by Gasteiger charge is 2.32. The highest BCUT2D eigenvalue weighted by Crippen LogP contribution is 2.27. The second-order valence-corrected chi connectivity index (χ2v) is 4.49. The molecular formula is C13H15F3N2O2. The van der Waals surface area contributed by atoms with Crippen molar-refractivity contribution < 1.29 is 22.7 Å². The first-order chi connectivity index (χ1) is 9.40. The third-order valence-corrected chi connectivity index (χ3v) is 2.97. The van der Waals surface area contributed by atoms with Gasteiger partial charge in [-0.15, -0.1) is 13.2 Å². The summed E-state index contributed by atoms with van der Waals surface area (Å²) in [6.07, 6.45) is -4.17. The molecule has 0 spiro atoms. The lowest BCUT2D eigenvalue weighted by Crippen LogP contribution is -2.30. The Balaban J connectivity index is 2.11. The van der Waals surface area contributed by atoms with Gasteiger partial charge in [0.15, 0.2) is 0 Å². The Morgan fingerprint density at radius 2 is 2.00 bits per heavy atom. The topological polar surface area (TPSA) is 41.6 Å². The van der Waals surface area contributed by atoms with Crippen LogP contribution in [0.1, 0.15) is 25.1 Å². The van der Waals surface area contributed by atoms with E-state index in [1.54, 1.807) is 4.90 Å². The maximum atomic E-state index is 12.1. The molecule has 1 fully saturated rings. The molecule has 0 radical (unpaired) electrons. The van der Waals surface area contributed by atoms with Crippen LogP contribution in [0.3, 0.4) is 0 Å². The Morgan fingerprint density at radius 1 is 1.35 bits per heavy atom. The number of hydrogen-bond donors (Lipinski definition) is 1. The average molecular weight is 288 g/mol. The largest absolute Gasteiger partial charge is 0.573 e. The Morgan fingerprint density at radius 3 is 2.55 bits per heavy atom. The van der Waals surface area contributed by atoms with E-state index in [1.165, 1.54) is 24.3 Å². The number of benzene rings is 1. The SMILES string of the molecule is CCCN1C(=O)CNC1c1ccc(OC(F)(F)F)cc1. The highest BCUT2D eigenvalue weighted by atomic mass is 19.4. The number of hydrogen-bond acceptors (Lipinski definition) is 3. The molecule has 1 N–H and O–H groups in total. The first-order valence-electron chi connectivity index (χ1n) is 6.29. The van der Waals surface area contributed by atoms with Crippen molar-refractivity contribution in [2.24, 2.45) is 0 Å². The normalized spacial score (nSPS) is 19.5. The molecule has 7 heteroatoms. The number of ether oxygens (including phenoxy) is 1. The quantitative estimate of drug-likeness (QED) is 0.925. The van der Waals surface area contributed by atoms with Crippen molar-refractivity contribution in [1.82, 2.24) is 10.2 Å². The fourth-order valence-corrected chi connectivity index (χ4v) is 2.18. The lowest BCUT2D eigenvalue weighted by molar-refractivity contribution is -0.274. The smallest absolute Gasteiger partial charge is 0.406 e. The number of amides is 1. The molecule has 0 bridgehead atoms. The first kappa shape index (κ1) is 14.6. The molecule has 1 amide bonds. The average Bonchev–Trinajstić information content (AvgIpc) is 2.71. The van der Waals surface area contributed by atoms with Crippen molar-refractivity contribution in [3.63, 3.8) is 0 Å². The standard InChI is InChI=1S/C13H15F3N2O2/c1-2-7-18-11(19)8-17-12(18)9-3-5-10(6-4-9)20-13(14,15)16/h3-6,12,17H,2,7-8H2,1H3. The number of rotatable bonds is 4. The van der Waals surface area contributed by atoms with Crippen LogP contribution in [0.25, 0.3) is 0 Å². The van der Waals surface area contributed by atoms with E-state index in [0.29, 0.717) is 6.54 Å². The summed E-state index contributed by atoms with van der Waals surface area (Å²) in [5.74, 6) is -0.278. The van der Waals surface area contributed by atoms with Crippen LogP contribution < -0.4 is 10.1 Å². The molecule has 1 saturated heterocycles. The third-order valence-electron chi connectivity index (χ3n) is 2.97. The monoisotopic (exact) mass is 288 g/mol. The van der Waals surface area contributed by atoms with E-state index in [1.807, 2.05) is 6.92 Å². The minimum absolute atomic E-state index is 0.00697. The van der Waals surface area contributed by atoms with Gasteiger partial charge in [0.1, 0.15) is 11.9 Å². The molecule has 1 aromatic rings. The highest BCUT2D eigenvalue weighted by molar-refractivity contribution is 5.80. The van der Waals surface area contributed by atoms with E-state index in [4.69, 9.17) is 0 Å². The van der Waals surface area contributed by atoms with Gasteiger partial charge in [-0.25, -0.2) is 0 Å². The van der Waals surface area contributed by atoms with Crippen LogP contribution in [0.4, 0.5) is 13.2 Å². The Kier molecular flexibility index (Phi) is 4.17. The summed E-state index contributed by atoms with van der Waals surface area (Å²) < 4.78 is 40.0. The summed E-state index contributed by atoms with van der Waals surface area (Å²) in [6.45, 7) is 2.81. The number of halogens is 3. The van der Waals surface area contributed by atoms with Crippen LogP contribution in [-0.4, -0.2) is 30.3 Å². The number of alkyl halides is 3. The molecule has 1 aromatic carbocycles. The van der Waals surface area contributed by atoms with E-state index in [-0.39, 0.29) is 24.4 Å². The molecule has 0 saturated carbocycles. The van der Waals surface area contributed by atoms with E-state index in [9.17, 15) is 18.0 Å². The minimum Gasteiger partial charge on any atom is -0.406 e. The van der Waals surface area contributed by atoms with Crippen LogP contribution in [0.5, 0.6) is 5.75 Å². The van der Waals surface area contributed by atoms with Gasteiger partial charge in [-0.2, -0.15) is 0 Å². The zero-order valence-electron chi connectivity index (χ0n) is 10.9. The number of nitrogens with zero attached hydrogens (tertiary/aromatic N) is 1. The van der Waals surface area contributed by atoms with Crippen molar-refractivity contribution in [2.75, 3.05) is 13.1 Å². The Bertz CT molecular complexity index is 473. The van der Waals surface area contributed by atoms with Gasteiger partial charge in [-0.05, 0) is 24.1 Å². The lowest BCUT2D eigenvalue weighted by atomic mass is 10.1. The van der Waals surface area contributed by atoms with Gasteiger partial charge in [-0.3, -0.25) is 10.1 Å². The van der Waals surface area contributed by atoms with Crippen LogP contribution in [-0.2, 0) is 4.79 Å². The summed E-state index contributed by atoms with van der Waals surface area (Å²) in [5.41, 5.74) is 0.735. The van der Waals surface area contributed by atoms with Gasteiger partial charge in [0.25, 0.3) is 0 Å². The van der Waals surface area contributed by atoms with E-state index in [2.05, 4.69) is 10.1 Å². The molecular weight excluding hydrogens is 273 g/mol. The van der Waals surface area contributed by atoms with Crippen molar-refractivity contribution in [2.45, 2.75) is 25.9 Å². The predicted molar refractivity (Wildman–Crippen MR) is 65.9 cm³/mol. The summed E-state index contributed by atoms with van der Waals surface area (Å²) in [5, 5.41) is 3.04. The molecule has 2 rings (SSSR count). The molecule has 1 unspecified atom stereocenters. The fourth-order valence-electron chi connectivity index (χ4n) is 2.18. The summed E-state index contributed by atoms with van der Waals surface area (Å²) >= 11 is 0. The molecule has 1 aliphatic rings. The number of nitrogens with one attached hydrogen (secondary N) is 1. The van der Waals surface area contributed by atoms with Gasteiger partial charge >= 0.3 is 6.36 Å². The van der Waals surface area contributed by atoms with Crippen molar-refractivity contribution in [3.05, 3.63) is 29.8 Å². The molecule has 0 aromatic heterocycles. The zero-order valence-corrected chi connectivity index (χ0v) is 10.9. The molecule has 1 heterocycles. The summed E-state index contributed by atoms with van der Waals surface area (Å²) in [4.78, 5) is 13.4. The lowest BCUT2D eigenvalue weighted by Gasteiger charge is -2.24. The fraction of sp³-hybridized carbons (Fsp3) is 0.462. The maximum Gasteiger partial charge on any atom is 0.573 e. The first-order valence-corrected chi connectivity index (χ1v) is 6.29. The third kappa shape index (κ3) is 3.41. The summed E-state index contributed by atoms with van der Waals surface area (Å²) in [6, 6.07) is 5.55. The Hall–Kier alpha value is -1.76. The molecule has 110 valence electrons. The van der Waals surface area contributed by atoms with Gasteiger partial charge in [-0.1, -0.05) is 19.1 Å². The second kappa shape index (κ2) is 5.70. The van der Waals surface area contributed by atoms with Crippen molar-refractivity contribution >= 4 is 5.91 Å². The zero-order chi connectivity index (χ0) is 14.8. The molecule has 20 heavy (non-hydrogen) atoms. The molecule has 1 aliphatic heterocycles. The van der Waals surface area contributed by atoms with Gasteiger partial charge in [0.05, 0.1) is 6.54 Å². The minimum atomic E-state index is -4.70. The van der Waals surface area contributed by atoms with Gasteiger partial charge < -0.3 is 9.64 Å². The van der Waals surface area contributed by atoms with Crippen LogP contribution in [0, 0.1) is 0 Å². The molecule has 0 aliphatic carbocycles. The van der Waals surface area contributed by atoms with Gasteiger partial charge in [0.2, 0.25) is 5.91 Å². The summed E-state index contributed by atoms with van der Waals surface area (Å²) in [7, 11) is 0. The van der Waals surface area contributed by atoms with Gasteiger partial charge in [0, 0.05) is 6.54 Å². The van der Waals surface area contributed by atoms with E-state index < -0.39 is 6.36 Å². The van der Waals surface area contributed by atoms with Crippen molar-refractivity contribution in [3.8, 4) is 5.75 Å². The van der Waals surface area contributed by atoms with E-state index in [0.717, 1.165) is 12.0 Å². The number of carbonyl (C=O) groups is 1. The van der Waals surface area contributed by atoms with E-state index >= 15 is 0 Å². The molecule has 1 atom stereocenters. The van der Waals surface area contributed by atoms with Crippen molar-refractivity contribution in [1.29, 1.82) is 0 Å². The molecule has 4 nitrogen and oxygen atoms in total. The predicted octanol–water partition coefficient (Wildman–Crippen LogP) is 2.43. The van der Waals surface area contributed by atoms with Crippen LogP contribution in [0.15, 0.2) is 24.3 Å². The second-order valence-electron chi connectivity index (χ2n) is 4.49. The van der Waals surface area contributed by atoms with Crippen LogP contribution in [0.2, 0.25) is 0 Å². The Labute approximate surface area is 114 Å². The number of carbonyl (C=O) groups excluding carboxylic acids is 1. The van der Waals surface area contributed by atoms with Crippen LogP contribution >= 0.6 is 0 Å². The maximum absolute atomic E-state index is 12.1.